The first-order chi connectivity index (χ1) is 10.1. The molecule has 0 atom stereocenters. The number of fused-ring (bicyclic) bond motifs is 1. The zero-order valence-electron chi connectivity index (χ0n) is 14.2. The van der Waals surface area contributed by atoms with Gasteiger partial charge >= 0.3 is 5.69 Å². The van der Waals surface area contributed by atoms with Crippen molar-refractivity contribution in [1.82, 2.24) is 18.7 Å². The summed E-state index contributed by atoms with van der Waals surface area (Å²) in [7, 11) is 0. The molecule has 0 fully saturated rings. The van der Waals surface area contributed by atoms with Crippen molar-refractivity contribution in [3.8, 4) is 0 Å². The maximum Gasteiger partial charge on any atom is 0.333 e. The summed E-state index contributed by atoms with van der Waals surface area (Å²) in [5.74, 6) is 0.730. The van der Waals surface area contributed by atoms with Gasteiger partial charge in [-0.25, -0.2) is 9.78 Å². The second-order valence-corrected chi connectivity index (χ2v) is 6.70. The first-order valence-corrected chi connectivity index (χ1v) is 7.59. The monoisotopic (exact) mass is 307 g/mol. The fourth-order valence-electron chi connectivity index (χ4n) is 2.76. The minimum Gasteiger partial charge on any atom is -0.324 e. The first-order valence-electron chi connectivity index (χ1n) is 7.59. The van der Waals surface area contributed by atoms with Gasteiger partial charge in [-0.2, -0.15) is 0 Å². The summed E-state index contributed by atoms with van der Waals surface area (Å²) in [5, 5.41) is 0. The molecule has 122 valence electrons. The summed E-state index contributed by atoms with van der Waals surface area (Å²) >= 11 is 0. The van der Waals surface area contributed by atoms with Crippen LogP contribution in [0.5, 0.6) is 0 Å². The number of hydrogen-bond donors (Lipinski definition) is 1. The highest BCUT2D eigenvalue weighted by Gasteiger charge is 2.23. The SMILES string of the molecule is CCn1c(C)nc2c1c(=O)n(CC(C)(C)N)c(=O)n2C(C)C. The molecule has 7 nitrogen and oxygen atoms in total. The number of nitrogens with two attached hydrogens (primary N) is 1. The van der Waals surface area contributed by atoms with E-state index in [4.69, 9.17) is 5.73 Å². The molecule has 2 N–H and O–H groups in total. The molecule has 0 radical (unpaired) electrons. The number of imidazole rings is 1. The number of aryl methyl sites for hydroxylation is 2. The van der Waals surface area contributed by atoms with Crippen molar-refractivity contribution in [1.29, 1.82) is 0 Å². The Morgan fingerprint density at radius 1 is 1.23 bits per heavy atom. The van der Waals surface area contributed by atoms with E-state index >= 15 is 0 Å². The lowest BCUT2D eigenvalue weighted by molar-refractivity contribution is 0.402. The van der Waals surface area contributed by atoms with Crippen LogP contribution in [-0.4, -0.2) is 24.2 Å². The fourth-order valence-corrected chi connectivity index (χ4v) is 2.76. The molecule has 2 rings (SSSR count). The average molecular weight is 307 g/mol. The van der Waals surface area contributed by atoms with Gasteiger partial charge in [-0.15, -0.1) is 0 Å². The lowest BCUT2D eigenvalue weighted by Crippen LogP contribution is -2.48. The highest BCUT2D eigenvalue weighted by molar-refractivity contribution is 5.71. The van der Waals surface area contributed by atoms with Gasteiger partial charge in [-0.05, 0) is 41.5 Å². The molecule has 2 heterocycles. The second-order valence-electron chi connectivity index (χ2n) is 6.70. The van der Waals surface area contributed by atoms with E-state index in [9.17, 15) is 9.59 Å². The average Bonchev–Trinajstić information content (AvgIpc) is 2.69. The van der Waals surface area contributed by atoms with E-state index in [1.54, 1.807) is 18.4 Å². The number of hydrogen-bond acceptors (Lipinski definition) is 4. The van der Waals surface area contributed by atoms with Gasteiger partial charge in [0.05, 0.1) is 0 Å². The van der Waals surface area contributed by atoms with Crippen molar-refractivity contribution in [2.45, 2.75) is 66.2 Å². The minimum absolute atomic E-state index is 0.0951. The van der Waals surface area contributed by atoms with Gasteiger partial charge in [0.15, 0.2) is 11.2 Å². The van der Waals surface area contributed by atoms with E-state index < -0.39 is 5.54 Å². The van der Waals surface area contributed by atoms with Crippen LogP contribution in [0.25, 0.3) is 11.2 Å². The second kappa shape index (κ2) is 5.39. The molecule has 0 aromatic carbocycles. The van der Waals surface area contributed by atoms with Crippen LogP contribution in [0.1, 0.15) is 46.5 Å². The van der Waals surface area contributed by atoms with Crippen LogP contribution in [0.4, 0.5) is 0 Å². The zero-order valence-corrected chi connectivity index (χ0v) is 14.2. The van der Waals surface area contributed by atoms with Crippen LogP contribution in [0, 0.1) is 6.92 Å². The molecule has 2 aromatic heterocycles. The number of nitrogens with zero attached hydrogens (tertiary/aromatic N) is 4. The van der Waals surface area contributed by atoms with Gasteiger partial charge in [0, 0.05) is 24.7 Å². The van der Waals surface area contributed by atoms with Crippen molar-refractivity contribution in [2.75, 3.05) is 0 Å². The maximum absolute atomic E-state index is 12.8. The maximum atomic E-state index is 12.8. The molecule has 0 amide bonds. The van der Waals surface area contributed by atoms with Crippen LogP contribution < -0.4 is 17.0 Å². The smallest absolute Gasteiger partial charge is 0.324 e. The van der Waals surface area contributed by atoms with Crippen molar-refractivity contribution >= 4 is 11.2 Å². The van der Waals surface area contributed by atoms with Gasteiger partial charge in [0.25, 0.3) is 5.56 Å². The highest BCUT2D eigenvalue weighted by atomic mass is 16.2. The molecule has 0 aliphatic carbocycles. The van der Waals surface area contributed by atoms with E-state index in [0.717, 1.165) is 5.82 Å². The van der Waals surface area contributed by atoms with Crippen LogP contribution in [0.2, 0.25) is 0 Å². The summed E-state index contributed by atoms with van der Waals surface area (Å²) in [5.41, 5.74) is 5.61. The molecular weight excluding hydrogens is 282 g/mol. The van der Waals surface area contributed by atoms with E-state index in [1.165, 1.54) is 4.57 Å². The Morgan fingerprint density at radius 3 is 2.27 bits per heavy atom. The summed E-state index contributed by atoms with van der Waals surface area (Å²) in [6, 6.07) is -0.0951. The standard InChI is InChI=1S/C15H25N5O2/c1-7-18-10(4)17-12-11(18)13(21)19(8-15(5,6)16)14(22)20(12)9(2)3/h9H,7-8,16H2,1-6H3. The molecule has 0 aliphatic rings. The van der Waals surface area contributed by atoms with E-state index in [2.05, 4.69) is 4.98 Å². The molecule has 0 saturated carbocycles. The van der Waals surface area contributed by atoms with Gasteiger partial charge < -0.3 is 10.3 Å². The molecule has 0 aliphatic heterocycles. The van der Waals surface area contributed by atoms with Crippen molar-refractivity contribution < 1.29 is 0 Å². The summed E-state index contributed by atoms with van der Waals surface area (Å²) in [4.78, 5) is 30.0. The topological polar surface area (TPSA) is 87.8 Å². The Balaban J connectivity index is 2.99. The van der Waals surface area contributed by atoms with Gasteiger partial charge in [-0.3, -0.25) is 13.9 Å². The first kappa shape index (κ1) is 16.5. The van der Waals surface area contributed by atoms with Gasteiger partial charge in [-0.1, -0.05) is 0 Å². The van der Waals surface area contributed by atoms with Crippen LogP contribution in [0.3, 0.4) is 0 Å². The summed E-state index contributed by atoms with van der Waals surface area (Å²) in [6.45, 7) is 12.0. The third-order valence-corrected chi connectivity index (χ3v) is 3.65. The lowest BCUT2D eigenvalue weighted by atomic mass is 10.1. The van der Waals surface area contributed by atoms with Crippen molar-refractivity contribution in [3.63, 3.8) is 0 Å². The molecule has 0 spiro atoms. The largest absolute Gasteiger partial charge is 0.333 e. The van der Waals surface area contributed by atoms with E-state index in [1.807, 2.05) is 32.3 Å². The third-order valence-electron chi connectivity index (χ3n) is 3.65. The Kier molecular flexibility index (Phi) is 4.04. The molecule has 0 unspecified atom stereocenters. The zero-order chi connectivity index (χ0) is 16.8. The van der Waals surface area contributed by atoms with Crippen LogP contribution in [0.15, 0.2) is 9.59 Å². The molecule has 2 aromatic rings. The molecular formula is C15H25N5O2. The van der Waals surface area contributed by atoms with Crippen molar-refractivity contribution in [2.24, 2.45) is 5.73 Å². The van der Waals surface area contributed by atoms with Crippen molar-refractivity contribution in [3.05, 3.63) is 26.7 Å². The van der Waals surface area contributed by atoms with Gasteiger partial charge in [0.2, 0.25) is 0 Å². The third kappa shape index (κ3) is 2.61. The Hall–Kier alpha value is -1.89. The predicted octanol–water partition coefficient (Wildman–Crippen LogP) is 1.01. The normalized spacial score (nSPS) is 12.5. The minimum atomic E-state index is -0.655. The lowest BCUT2D eigenvalue weighted by Gasteiger charge is -2.21. The van der Waals surface area contributed by atoms with E-state index in [-0.39, 0.29) is 23.8 Å². The Labute approximate surface area is 129 Å². The number of rotatable bonds is 4. The van der Waals surface area contributed by atoms with Crippen LogP contribution in [-0.2, 0) is 13.1 Å². The van der Waals surface area contributed by atoms with Gasteiger partial charge in [0.1, 0.15) is 5.82 Å². The summed E-state index contributed by atoms with van der Waals surface area (Å²) in [6.07, 6.45) is 0. The predicted molar refractivity (Wildman–Crippen MR) is 87.3 cm³/mol. The molecule has 22 heavy (non-hydrogen) atoms. The summed E-state index contributed by atoms with van der Waals surface area (Å²) < 4.78 is 4.65. The molecule has 0 saturated heterocycles. The molecule has 7 heteroatoms. The molecule has 0 bridgehead atoms. The Bertz CT molecular complexity index is 818. The fraction of sp³-hybridized carbons (Fsp3) is 0.667. The number of aromatic nitrogens is 4. The Morgan fingerprint density at radius 2 is 1.82 bits per heavy atom. The quantitative estimate of drug-likeness (QED) is 0.913. The van der Waals surface area contributed by atoms with Crippen LogP contribution >= 0.6 is 0 Å². The highest BCUT2D eigenvalue weighted by Crippen LogP contribution is 2.14. The van der Waals surface area contributed by atoms with E-state index in [0.29, 0.717) is 17.7 Å².